The van der Waals surface area contributed by atoms with Gasteiger partial charge >= 0.3 is 0 Å². The van der Waals surface area contributed by atoms with Crippen molar-refractivity contribution < 1.29 is 9.59 Å². The second-order valence-corrected chi connectivity index (χ2v) is 2.98. The van der Waals surface area contributed by atoms with Crippen LogP contribution in [0.5, 0.6) is 0 Å². The number of carbonyl (C=O) groups is 2. The minimum atomic E-state index is -0.243. The summed E-state index contributed by atoms with van der Waals surface area (Å²) in [5, 5.41) is 5.11. The quantitative estimate of drug-likeness (QED) is 0.545. The van der Waals surface area contributed by atoms with Crippen LogP contribution >= 0.6 is 11.8 Å². The lowest BCUT2D eigenvalue weighted by Crippen LogP contribution is -2.26. The smallest absolute Gasteiger partial charge is 0.279 e. The molecule has 1 heterocycles. The van der Waals surface area contributed by atoms with E-state index in [0.29, 0.717) is 5.75 Å². The topological polar surface area (TPSA) is 58.2 Å². The molecule has 0 saturated carbocycles. The molecular formula is C6H12N2O2S. The number of rotatable bonds is 1. The van der Waals surface area contributed by atoms with E-state index in [1.165, 1.54) is 0 Å². The monoisotopic (exact) mass is 176 g/mol. The van der Waals surface area contributed by atoms with Crippen molar-refractivity contribution in [3.63, 3.8) is 0 Å². The molecule has 64 valence electrons. The summed E-state index contributed by atoms with van der Waals surface area (Å²) in [5.74, 6) is 0.586. The highest BCUT2D eigenvalue weighted by molar-refractivity contribution is 8.14. The van der Waals surface area contributed by atoms with Crippen LogP contribution in [0.15, 0.2) is 0 Å². The first-order valence-corrected chi connectivity index (χ1v) is 4.20. The molecule has 0 aromatic carbocycles. The maximum absolute atomic E-state index is 10.3. The molecule has 2 N–H and O–H groups in total. The van der Waals surface area contributed by atoms with E-state index in [2.05, 4.69) is 10.6 Å². The van der Waals surface area contributed by atoms with Gasteiger partial charge in [0.15, 0.2) is 0 Å². The van der Waals surface area contributed by atoms with E-state index in [1.807, 2.05) is 14.1 Å². The van der Waals surface area contributed by atoms with Gasteiger partial charge in [0.05, 0.1) is 6.04 Å². The van der Waals surface area contributed by atoms with E-state index in [-0.39, 0.29) is 11.3 Å². The Kier molecular flexibility index (Phi) is 5.87. The highest BCUT2D eigenvalue weighted by Gasteiger charge is 2.19. The Hall–Kier alpha value is -0.550. The van der Waals surface area contributed by atoms with Crippen molar-refractivity contribution in [3.8, 4) is 0 Å². The first-order chi connectivity index (χ1) is 5.24. The molecule has 1 aliphatic rings. The highest BCUT2D eigenvalue weighted by Crippen LogP contribution is 2.10. The summed E-state index contributed by atoms with van der Waals surface area (Å²) < 4.78 is 0. The van der Waals surface area contributed by atoms with Crippen molar-refractivity contribution in [1.82, 2.24) is 10.6 Å². The summed E-state index contributed by atoms with van der Waals surface area (Å²) in [7, 11) is 3.75. The largest absolute Gasteiger partial charge is 0.337 e. The Morgan fingerprint density at radius 2 is 2.27 bits per heavy atom. The van der Waals surface area contributed by atoms with E-state index < -0.39 is 0 Å². The van der Waals surface area contributed by atoms with Gasteiger partial charge < -0.3 is 15.4 Å². The number of hydrogen-bond donors (Lipinski definition) is 2. The lowest BCUT2D eigenvalue weighted by atomic mass is 10.4. The molecule has 5 heteroatoms. The molecule has 0 spiro atoms. The van der Waals surface area contributed by atoms with Crippen molar-refractivity contribution in [2.75, 3.05) is 19.8 Å². The van der Waals surface area contributed by atoms with Crippen LogP contribution in [0, 0.1) is 0 Å². The van der Waals surface area contributed by atoms with Crippen molar-refractivity contribution in [2.24, 2.45) is 0 Å². The molecule has 1 unspecified atom stereocenters. The van der Waals surface area contributed by atoms with Gasteiger partial charge in [-0.3, -0.25) is 4.79 Å². The number of amides is 1. The average molecular weight is 176 g/mol. The van der Waals surface area contributed by atoms with Crippen molar-refractivity contribution >= 4 is 23.3 Å². The Morgan fingerprint density at radius 1 is 1.73 bits per heavy atom. The minimum Gasteiger partial charge on any atom is -0.337 e. The van der Waals surface area contributed by atoms with Crippen LogP contribution in [-0.4, -0.2) is 37.4 Å². The summed E-state index contributed by atoms with van der Waals surface area (Å²) in [4.78, 5) is 20.2. The second-order valence-electron chi connectivity index (χ2n) is 1.99. The maximum atomic E-state index is 10.3. The number of hydrogen-bond acceptors (Lipinski definition) is 4. The predicted molar refractivity (Wildman–Crippen MR) is 45.8 cm³/mol. The highest BCUT2D eigenvalue weighted by atomic mass is 32.2. The van der Waals surface area contributed by atoms with Gasteiger partial charge in [-0.15, -0.1) is 0 Å². The molecular weight excluding hydrogens is 164 g/mol. The van der Waals surface area contributed by atoms with Gasteiger partial charge in [0, 0.05) is 5.75 Å². The summed E-state index contributed by atoms with van der Waals surface area (Å²) in [6.45, 7) is 0. The fourth-order valence-electron chi connectivity index (χ4n) is 0.473. The summed E-state index contributed by atoms with van der Waals surface area (Å²) >= 11 is 1.15. The van der Waals surface area contributed by atoms with Gasteiger partial charge in [-0.25, -0.2) is 0 Å². The summed E-state index contributed by atoms with van der Waals surface area (Å²) in [5.41, 5.74) is 0. The third-order valence-corrected chi connectivity index (χ3v) is 1.77. The zero-order valence-electron chi connectivity index (χ0n) is 6.59. The van der Waals surface area contributed by atoms with E-state index in [9.17, 15) is 9.59 Å². The van der Waals surface area contributed by atoms with Gasteiger partial charge in [-0.2, -0.15) is 0 Å². The first kappa shape index (κ1) is 10.4. The molecule has 4 nitrogen and oxygen atoms in total. The number of nitrogens with one attached hydrogen (secondary N) is 2. The molecule has 0 bridgehead atoms. The van der Waals surface area contributed by atoms with E-state index in [0.717, 1.165) is 18.0 Å². The normalized spacial score (nSPS) is 21.6. The molecule has 1 aliphatic heterocycles. The van der Waals surface area contributed by atoms with Crippen LogP contribution in [0.3, 0.4) is 0 Å². The maximum Gasteiger partial charge on any atom is 0.279 e. The van der Waals surface area contributed by atoms with Gasteiger partial charge in [0.1, 0.15) is 6.29 Å². The van der Waals surface area contributed by atoms with E-state index in [4.69, 9.17) is 0 Å². The SMILES string of the molecule is CNC.O=CC1CSC(=O)N1. The molecule has 0 aromatic rings. The minimum absolute atomic E-state index is 0.0953. The Bertz CT molecular complexity index is 141. The van der Waals surface area contributed by atoms with Crippen molar-refractivity contribution in [1.29, 1.82) is 0 Å². The second kappa shape index (κ2) is 6.18. The first-order valence-electron chi connectivity index (χ1n) is 3.21. The number of thioether (sulfide) groups is 1. The van der Waals surface area contributed by atoms with Gasteiger partial charge in [-0.05, 0) is 14.1 Å². The Labute approximate surface area is 70.1 Å². The van der Waals surface area contributed by atoms with E-state index >= 15 is 0 Å². The third kappa shape index (κ3) is 4.80. The van der Waals surface area contributed by atoms with Crippen LogP contribution in [0.4, 0.5) is 4.79 Å². The molecule has 11 heavy (non-hydrogen) atoms. The lowest BCUT2D eigenvalue weighted by Gasteiger charge is -1.92. The number of carbonyl (C=O) groups excluding carboxylic acids is 2. The van der Waals surface area contributed by atoms with Crippen molar-refractivity contribution in [3.05, 3.63) is 0 Å². The predicted octanol–water partition coefficient (Wildman–Crippen LogP) is -0.154. The van der Waals surface area contributed by atoms with Crippen LogP contribution in [-0.2, 0) is 4.79 Å². The average Bonchev–Trinajstić information content (AvgIpc) is 2.37. The van der Waals surface area contributed by atoms with Gasteiger partial charge in [0.25, 0.3) is 5.24 Å². The Balaban J connectivity index is 0.000000292. The van der Waals surface area contributed by atoms with Crippen LogP contribution in [0.1, 0.15) is 0 Å². The molecule has 1 atom stereocenters. The summed E-state index contributed by atoms with van der Waals surface area (Å²) in [6, 6.07) is -0.243. The van der Waals surface area contributed by atoms with Gasteiger partial charge in [0.2, 0.25) is 0 Å². The Morgan fingerprint density at radius 3 is 2.45 bits per heavy atom. The van der Waals surface area contributed by atoms with Crippen LogP contribution in [0.2, 0.25) is 0 Å². The molecule has 1 saturated heterocycles. The molecule has 1 fully saturated rings. The summed E-state index contributed by atoms with van der Waals surface area (Å²) in [6.07, 6.45) is 0.748. The fraction of sp³-hybridized carbons (Fsp3) is 0.667. The lowest BCUT2D eigenvalue weighted by molar-refractivity contribution is -0.108. The molecule has 1 rings (SSSR count). The van der Waals surface area contributed by atoms with Gasteiger partial charge in [-0.1, -0.05) is 11.8 Å². The third-order valence-electron chi connectivity index (χ3n) is 0.861. The van der Waals surface area contributed by atoms with Crippen LogP contribution in [0.25, 0.3) is 0 Å². The number of aldehydes is 1. The van der Waals surface area contributed by atoms with E-state index in [1.54, 1.807) is 0 Å². The molecule has 0 aliphatic carbocycles. The standard InChI is InChI=1S/C4H5NO2S.C2H7N/c6-1-3-2-8-4(7)5-3;1-3-2/h1,3H,2H2,(H,5,7);3H,1-2H3. The molecule has 1 amide bonds. The zero-order valence-corrected chi connectivity index (χ0v) is 7.40. The van der Waals surface area contributed by atoms with Crippen molar-refractivity contribution in [2.45, 2.75) is 6.04 Å². The molecule has 0 aromatic heterocycles. The molecule has 0 radical (unpaired) electrons. The zero-order chi connectivity index (χ0) is 8.69. The fourth-order valence-corrected chi connectivity index (χ4v) is 1.20. The van der Waals surface area contributed by atoms with Crippen LogP contribution < -0.4 is 10.6 Å².